The molecule has 0 spiro atoms. The van der Waals surface area contributed by atoms with Crippen molar-refractivity contribution >= 4 is 54.5 Å². The van der Waals surface area contributed by atoms with Crippen LogP contribution in [-0.2, 0) is 0 Å². The van der Waals surface area contributed by atoms with Gasteiger partial charge in [0.25, 0.3) is 0 Å². The van der Waals surface area contributed by atoms with E-state index in [0.717, 1.165) is 28.3 Å². The van der Waals surface area contributed by atoms with Gasteiger partial charge in [-0.2, -0.15) is 0 Å². The summed E-state index contributed by atoms with van der Waals surface area (Å²) in [6.45, 7) is 3.43. The van der Waals surface area contributed by atoms with Crippen molar-refractivity contribution < 1.29 is 0 Å². The maximum absolute atomic E-state index is 4.61. The summed E-state index contributed by atoms with van der Waals surface area (Å²) in [4.78, 5) is 11.6. The second-order valence-corrected chi connectivity index (χ2v) is 8.83. The van der Waals surface area contributed by atoms with Gasteiger partial charge in [-0.25, -0.2) is 9.97 Å². The van der Waals surface area contributed by atoms with Gasteiger partial charge < -0.3 is 10.6 Å². The average molecular weight is 381 g/mol. The standard InChI is InChI=1S/C20H20N4S2/c1-12-14(3-2-7-21-12)19-10-15-16(6-8-22-20(15)26-19)24-13-4-5-18-17(9-13)23-11-25-18/h4-6,8-12,14,21H,2-3,7H2,1H3,(H,22,24)/t12-,14+/m0/s1. The molecule has 6 heteroatoms. The fourth-order valence-electron chi connectivity index (χ4n) is 3.77. The molecule has 4 nitrogen and oxygen atoms in total. The van der Waals surface area contributed by atoms with Crippen molar-refractivity contribution in [3.8, 4) is 0 Å². The van der Waals surface area contributed by atoms with Crippen LogP contribution in [0.25, 0.3) is 20.4 Å². The molecule has 1 aliphatic heterocycles. The molecule has 1 aliphatic rings. The first kappa shape index (κ1) is 16.2. The van der Waals surface area contributed by atoms with E-state index in [4.69, 9.17) is 0 Å². The average Bonchev–Trinajstić information content (AvgIpc) is 3.28. The predicted octanol–water partition coefficient (Wildman–Crippen LogP) is 5.51. The SMILES string of the molecule is C[C@@H]1NCCC[C@H]1c1cc2c(Nc3ccc4scnc4c3)ccnc2s1. The molecule has 4 heterocycles. The summed E-state index contributed by atoms with van der Waals surface area (Å²) < 4.78 is 1.21. The molecule has 1 saturated heterocycles. The molecule has 0 radical (unpaired) electrons. The quantitative estimate of drug-likeness (QED) is 0.492. The Bertz CT molecular complexity index is 1070. The number of thiophene rings is 1. The Morgan fingerprint density at radius 2 is 2.15 bits per heavy atom. The highest BCUT2D eigenvalue weighted by Gasteiger charge is 2.24. The third kappa shape index (κ3) is 2.88. The van der Waals surface area contributed by atoms with Crippen LogP contribution in [-0.4, -0.2) is 22.6 Å². The first-order valence-corrected chi connectivity index (χ1v) is 10.7. The molecule has 4 aromatic rings. The minimum atomic E-state index is 0.528. The van der Waals surface area contributed by atoms with E-state index < -0.39 is 0 Å². The summed E-state index contributed by atoms with van der Waals surface area (Å²) in [6, 6.07) is 11.3. The summed E-state index contributed by atoms with van der Waals surface area (Å²) in [5, 5.41) is 8.39. The van der Waals surface area contributed by atoms with Crippen molar-refractivity contribution in [2.75, 3.05) is 11.9 Å². The van der Waals surface area contributed by atoms with Crippen LogP contribution in [0.4, 0.5) is 11.4 Å². The van der Waals surface area contributed by atoms with Gasteiger partial charge in [-0.3, -0.25) is 0 Å². The van der Waals surface area contributed by atoms with E-state index in [1.54, 1.807) is 11.3 Å². The summed E-state index contributed by atoms with van der Waals surface area (Å²) in [7, 11) is 0. The van der Waals surface area contributed by atoms with Crippen LogP contribution in [0.5, 0.6) is 0 Å². The molecule has 0 aliphatic carbocycles. The molecule has 5 rings (SSSR count). The number of anilines is 2. The molecule has 0 bridgehead atoms. The number of hydrogen-bond acceptors (Lipinski definition) is 6. The van der Waals surface area contributed by atoms with Gasteiger partial charge in [0.1, 0.15) is 4.83 Å². The first-order valence-electron chi connectivity index (χ1n) is 9.00. The minimum Gasteiger partial charge on any atom is -0.355 e. The van der Waals surface area contributed by atoms with Crippen LogP contribution in [0, 0.1) is 0 Å². The van der Waals surface area contributed by atoms with Crippen LogP contribution in [0.15, 0.2) is 42.0 Å². The number of piperidine rings is 1. The topological polar surface area (TPSA) is 49.8 Å². The maximum atomic E-state index is 4.61. The number of fused-ring (bicyclic) bond motifs is 2. The largest absolute Gasteiger partial charge is 0.355 e. The predicted molar refractivity (Wildman–Crippen MR) is 112 cm³/mol. The lowest BCUT2D eigenvalue weighted by Gasteiger charge is -2.29. The van der Waals surface area contributed by atoms with E-state index >= 15 is 0 Å². The van der Waals surface area contributed by atoms with E-state index in [1.165, 1.54) is 27.8 Å². The van der Waals surface area contributed by atoms with E-state index in [2.05, 4.69) is 57.9 Å². The van der Waals surface area contributed by atoms with Gasteiger partial charge in [-0.15, -0.1) is 22.7 Å². The van der Waals surface area contributed by atoms with Crippen molar-refractivity contribution in [3.05, 3.63) is 46.9 Å². The van der Waals surface area contributed by atoms with E-state index in [-0.39, 0.29) is 0 Å². The molecular formula is C20H20N4S2. The van der Waals surface area contributed by atoms with Gasteiger partial charge in [-0.05, 0) is 56.6 Å². The Balaban J connectivity index is 1.51. The number of nitrogens with zero attached hydrogens (tertiary/aromatic N) is 2. The molecule has 2 atom stereocenters. The van der Waals surface area contributed by atoms with E-state index in [0.29, 0.717) is 12.0 Å². The Hall–Kier alpha value is -2.02. The summed E-state index contributed by atoms with van der Waals surface area (Å²) in [5.41, 5.74) is 5.11. The highest BCUT2D eigenvalue weighted by atomic mass is 32.1. The van der Waals surface area contributed by atoms with Crippen molar-refractivity contribution in [3.63, 3.8) is 0 Å². The van der Waals surface area contributed by atoms with Crippen LogP contribution >= 0.6 is 22.7 Å². The zero-order valence-electron chi connectivity index (χ0n) is 14.5. The normalized spacial score (nSPS) is 20.7. The molecule has 26 heavy (non-hydrogen) atoms. The number of thiazole rings is 1. The van der Waals surface area contributed by atoms with E-state index in [9.17, 15) is 0 Å². The van der Waals surface area contributed by atoms with Gasteiger partial charge in [0.05, 0.1) is 21.4 Å². The molecule has 3 aromatic heterocycles. The van der Waals surface area contributed by atoms with Crippen LogP contribution in [0.1, 0.15) is 30.6 Å². The second kappa shape index (κ2) is 6.61. The van der Waals surface area contributed by atoms with Crippen molar-refractivity contribution in [2.24, 2.45) is 0 Å². The number of benzene rings is 1. The molecule has 1 fully saturated rings. The maximum Gasteiger partial charge on any atom is 0.125 e. The fourth-order valence-corrected chi connectivity index (χ4v) is 5.70. The summed E-state index contributed by atoms with van der Waals surface area (Å²) >= 11 is 3.51. The Morgan fingerprint density at radius 3 is 3.08 bits per heavy atom. The van der Waals surface area contributed by atoms with Gasteiger partial charge in [-0.1, -0.05) is 0 Å². The molecule has 132 valence electrons. The third-order valence-electron chi connectivity index (χ3n) is 5.19. The first-order chi connectivity index (χ1) is 12.8. The zero-order valence-corrected chi connectivity index (χ0v) is 16.2. The highest BCUT2D eigenvalue weighted by molar-refractivity contribution is 7.18. The highest BCUT2D eigenvalue weighted by Crippen LogP contribution is 2.38. The van der Waals surface area contributed by atoms with Crippen molar-refractivity contribution in [1.29, 1.82) is 0 Å². The van der Waals surface area contributed by atoms with Crippen LogP contribution < -0.4 is 10.6 Å². The van der Waals surface area contributed by atoms with Gasteiger partial charge in [0.2, 0.25) is 0 Å². The molecule has 0 saturated carbocycles. The second-order valence-electron chi connectivity index (χ2n) is 6.88. The van der Waals surface area contributed by atoms with Crippen LogP contribution in [0.2, 0.25) is 0 Å². The summed E-state index contributed by atoms with van der Waals surface area (Å²) in [6.07, 6.45) is 4.40. The number of aromatic nitrogens is 2. The van der Waals surface area contributed by atoms with Gasteiger partial charge in [0, 0.05) is 34.1 Å². The van der Waals surface area contributed by atoms with Crippen molar-refractivity contribution in [2.45, 2.75) is 31.7 Å². The number of pyridine rings is 1. The summed E-state index contributed by atoms with van der Waals surface area (Å²) in [5.74, 6) is 0.585. The molecule has 0 unspecified atom stereocenters. The lowest BCUT2D eigenvalue weighted by molar-refractivity contribution is 0.375. The number of hydrogen-bond donors (Lipinski definition) is 2. The van der Waals surface area contributed by atoms with Gasteiger partial charge >= 0.3 is 0 Å². The fraction of sp³-hybridized carbons (Fsp3) is 0.300. The Kier molecular flexibility index (Phi) is 4.11. The lowest BCUT2D eigenvalue weighted by atomic mass is 9.90. The minimum absolute atomic E-state index is 0.528. The Morgan fingerprint density at radius 1 is 1.19 bits per heavy atom. The number of nitrogens with one attached hydrogen (secondary N) is 2. The van der Waals surface area contributed by atoms with E-state index in [1.807, 2.05) is 23.0 Å². The molecular weight excluding hydrogens is 360 g/mol. The Labute approximate surface area is 160 Å². The molecule has 2 N–H and O–H groups in total. The molecule has 1 aromatic carbocycles. The van der Waals surface area contributed by atoms with Crippen LogP contribution in [0.3, 0.4) is 0 Å². The third-order valence-corrected chi connectivity index (χ3v) is 7.18. The lowest BCUT2D eigenvalue weighted by Crippen LogP contribution is -2.37. The van der Waals surface area contributed by atoms with Crippen molar-refractivity contribution in [1.82, 2.24) is 15.3 Å². The molecule has 0 amide bonds. The smallest absolute Gasteiger partial charge is 0.125 e. The van der Waals surface area contributed by atoms with Gasteiger partial charge in [0.15, 0.2) is 0 Å². The zero-order chi connectivity index (χ0) is 17.5. The number of rotatable bonds is 3. The monoisotopic (exact) mass is 380 g/mol.